The van der Waals surface area contributed by atoms with Crippen LogP contribution in [0.2, 0.25) is 0 Å². The molecule has 0 saturated carbocycles. The Morgan fingerprint density at radius 2 is 2.27 bits per heavy atom. The van der Waals surface area contributed by atoms with Crippen LogP contribution in [0.15, 0.2) is 24.4 Å². The third kappa shape index (κ3) is 1.63. The molecule has 0 saturated heterocycles. The lowest BCUT2D eigenvalue weighted by molar-refractivity contribution is -0.120. The van der Waals surface area contributed by atoms with E-state index in [9.17, 15) is 4.79 Å². The lowest BCUT2D eigenvalue weighted by atomic mass is 10.2. The molecule has 1 unspecified atom stereocenters. The van der Waals surface area contributed by atoms with Gasteiger partial charge in [0.25, 0.3) is 0 Å². The molecule has 78 valence electrons. The zero-order valence-corrected chi connectivity index (χ0v) is 8.34. The van der Waals surface area contributed by atoms with Crippen molar-refractivity contribution < 1.29 is 4.79 Å². The number of aromatic nitrogens is 2. The van der Waals surface area contributed by atoms with Crippen LogP contribution in [-0.4, -0.2) is 15.7 Å². The van der Waals surface area contributed by atoms with E-state index in [1.54, 1.807) is 29.9 Å². The average molecular weight is 204 g/mol. The van der Waals surface area contributed by atoms with E-state index in [-0.39, 0.29) is 0 Å². The Labute approximate surface area is 86.7 Å². The number of fused-ring (bicyclic) bond motifs is 1. The first kappa shape index (κ1) is 9.51. The summed E-state index contributed by atoms with van der Waals surface area (Å²) in [4.78, 5) is 11.0. The zero-order chi connectivity index (χ0) is 11.0. The largest absolute Gasteiger partial charge is 0.399 e. The topological polar surface area (TPSA) is 86.9 Å². The first-order valence-electron chi connectivity index (χ1n) is 4.61. The number of nitrogen functional groups attached to an aromatic ring is 1. The number of nitrogens with zero attached hydrogens (tertiary/aromatic N) is 2. The minimum absolute atomic E-state index is 0.407. The molecule has 0 radical (unpaired) electrons. The predicted octanol–water partition coefficient (Wildman–Crippen LogP) is 0.665. The quantitative estimate of drug-likeness (QED) is 0.704. The van der Waals surface area contributed by atoms with Crippen molar-refractivity contribution in [2.24, 2.45) is 5.73 Å². The average Bonchev–Trinajstić information content (AvgIpc) is 2.58. The van der Waals surface area contributed by atoms with Crippen LogP contribution in [0.1, 0.15) is 13.0 Å². The Balaban J connectivity index is 2.51. The molecule has 1 amide bonds. The van der Waals surface area contributed by atoms with Gasteiger partial charge in [-0.15, -0.1) is 0 Å². The molecule has 1 aromatic carbocycles. The van der Waals surface area contributed by atoms with Gasteiger partial charge in [0.2, 0.25) is 5.91 Å². The van der Waals surface area contributed by atoms with E-state index in [2.05, 4.69) is 5.10 Å². The molecule has 0 aliphatic carbocycles. The summed E-state index contributed by atoms with van der Waals surface area (Å²) >= 11 is 0. The molecule has 15 heavy (non-hydrogen) atoms. The monoisotopic (exact) mass is 204 g/mol. The highest BCUT2D eigenvalue weighted by molar-refractivity contribution is 5.83. The lowest BCUT2D eigenvalue weighted by Crippen LogP contribution is -2.24. The van der Waals surface area contributed by atoms with Crippen molar-refractivity contribution in [1.82, 2.24) is 9.78 Å². The Hall–Kier alpha value is -2.04. The van der Waals surface area contributed by atoms with Gasteiger partial charge in [-0.25, -0.2) is 0 Å². The van der Waals surface area contributed by atoms with Crippen molar-refractivity contribution in [1.29, 1.82) is 0 Å². The highest BCUT2D eigenvalue weighted by Crippen LogP contribution is 2.17. The molecule has 0 spiro atoms. The van der Waals surface area contributed by atoms with Crippen LogP contribution in [0, 0.1) is 0 Å². The normalized spacial score (nSPS) is 12.9. The SMILES string of the molecule is CC(C(N)=O)n1cc2ccc(N)cc2n1. The summed E-state index contributed by atoms with van der Waals surface area (Å²) in [7, 11) is 0. The van der Waals surface area contributed by atoms with Crippen LogP contribution in [0.25, 0.3) is 10.9 Å². The van der Waals surface area contributed by atoms with Gasteiger partial charge < -0.3 is 11.5 Å². The fraction of sp³-hybridized carbons (Fsp3) is 0.200. The zero-order valence-electron chi connectivity index (χ0n) is 8.34. The summed E-state index contributed by atoms with van der Waals surface area (Å²) in [5.74, 6) is -0.407. The summed E-state index contributed by atoms with van der Waals surface area (Å²) < 4.78 is 1.55. The first-order valence-corrected chi connectivity index (χ1v) is 4.61. The number of hydrogen-bond acceptors (Lipinski definition) is 3. The molecule has 0 aliphatic rings. The molecular weight excluding hydrogens is 192 g/mol. The summed E-state index contributed by atoms with van der Waals surface area (Å²) in [6.07, 6.45) is 1.78. The number of hydrogen-bond donors (Lipinski definition) is 2. The molecule has 5 nitrogen and oxygen atoms in total. The maximum absolute atomic E-state index is 11.0. The Morgan fingerprint density at radius 3 is 2.93 bits per heavy atom. The van der Waals surface area contributed by atoms with Crippen molar-refractivity contribution in [3.8, 4) is 0 Å². The number of carbonyl (C=O) groups excluding carboxylic acids is 1. The second-order valence-corrected chi connectivity index (χ2v) is 3.51. The number of anilines is 1. The van der Waals surface area contributed by atoms with Gasteiger partial charge in [0.15, 0.2) is 0 Å². The minimum atomic E-state index is -0.446. The van der Waals surface area contributed by atoms with E-state index in [1.807, 2.05) is 6.07 Å². The maximum atomic E-state index is 11.0. The van der Waals surface area contributed by atoms with Crippen molar-refractivity contribution in [2.75, 3.05) is 5.73 Å². The van der Waals surface area contributed by atoms with Crippen molar-refractivity contribution >= 4 is 22.5 Å². The molecule has 1 aromatic heterocycles. The van der Waals surface area contributed by atoms with E-state index in [0.29, 0.717) is 5.69 Å². The highest BCUT2D eigenvalue weighted by atomic mass is 16.1. The predicted molar refractivity (Wildman–Crippen MR) is 58.1 cm³/mol. The Bertz CT molecular complexity index is 517. The minimum Gasteiger partial charge on any atom is -0.399 e. The van der Waals surface area contributed by atoms with E-state index < -0.39 is 11.9 Å². The number of rotatable bonds is 2. The van der Waals surface area contributed by atoms with Gasteiger partial charge in [-0.05, 0) is 25.1 Å². The van der Waals surface area contributed by atoms with Crippen LogP contribution in [-0.2, 0) is 4.79 Å². The van der Waals surface area contributed by atoms with Crippen LogP contribution < -0.4 is 11.5 Å². The van der Waals surface area contributed by atoms with Crippen molar-refractivity contribution in [3.05, 3.63) is 24.4 Å². The Kier molecular flexibility index (Phi) is 2.07. The highest BCUT2D eigenvalue weighted by Gasteiger charge is 2.12. The fourth-order valence-electron chi connectivity index (χ4n) is 1.38. The smallest absolute Gasteiger partial charge is 0.241 e. The summed E-state index contributed by atoms with van der Waals surface area (Å²) in [5, 5.41) is 5.17. The summed E-state index contributed by atoms with van der Waals surface area (Å²) in [6, 6.07) is 4.98. The number of carbonyl (C=O) groups is 1. The molecule has 4 N–H and O–H groups in total. The molecule has 0 fully saturated rings. The molecule has 0 bridgehead atoms. The molecule has 1 atom stereocenters. The standard InChI is InChI=1S/C10H12N4O/c1-6(10(12)15)14-5-7-2-3-8(11)4-9(7)13-14/h2-6H,11H2,1H3,(H2,12,15). The molecule has 0 aliphatic heterocycles. The fourth-order valence-corrected chi connectivity index (χ4v) is 1.38. The van der Waals surface area contributed by atoms with Crippen molar-refractivity contribution in [3.63, 3.8) is 0 Å². The second-order valence-electron chi connectivity index (χ2n) is 3.51. The van der Waals surface area contributed by atoms with Gasteiger partial charge in [-0.2, -0.15) is 5.10 Å². The van der Waals surface area contributed by atoms with Gasteiger partial charge in [0.05, 0.1) is 5.52 Å². The van der Waals surface area contributed by atoms with Gasteiger partial charge >= 0.3 is 0 Å². The van der Waals surface area contributed by atoms with E-state index in [4.69, 9.17) is 11.5 Å². The van der Waals surface area contributed by atoms with Crippen molar-refractivity contribution in [2.45, 2.75) is 13.0 Å². The number of benzene rings is 1. The van der Waals surface area contributed by atoms with Crippen LogP contribution in [0.5, 0.6) is 0 Å². The van der Waals surface area contributed by atoms with Gasteiger partial charge in [-0.1, -0.05) is 0 Å². The van der Waals surface area contributed by atoms with E-state index >= 15 is 0 Å². The Morgan fingerprint density at radius 1 is 1.53 bits per heavy atom. The van der Waals surface area contributed by atoms with E-state index in [1.165, 1.54) is 0 Å². The molecule has 2 rings (SSSR count). The number of amides is 1. The van der Waals surface area contributed by atoms with Gasteiger partial charge in [-0.3, -0.25) is 9.48 Å². The van der Waals surface area contributed by atoms with Crippen LogP contribution in [0.3, 0.4) is 0 Å². The van der Waals surface area contributed by atoms with E-state index in [0.717, 1.165) is 10.9 Å². The van der Waals surface area contributed by atoms with Gasteiger partial charge in [0.1, 0.15) is 6.04 Å². The third-order valence-electron chi connectivity index (χ3n) is 2.36. The number of primary amides is 1. The lowest BCUT2D eigenvalue weighted by Gasteiger charge is -2.05. The van der Waals surface area contributed by atoms with Gasteiger partial charge in [0, 0.05) is 17.3 Å². The summed E-state index contributed by atoms with van der Waals surface area (Å²) in [5.41, 5.74) is 12.2. The third-order valence-corrected chi connectivity index (χ3v) is 2.36. The van der Waals surface area contributed by atoms with Crippen LogP contribution >= 0.6 is 0 Å². The molecular formula is C10H12N4O. The molecule has 2 aromatic rings. The summed E-state index contributed by atoms with van der Waals surface area (Å²) in [6.45, 7) is 1.71. The molecule has 1 heterocycles. The number of nitrogens with two attached hydrogens (primary N) is 2. The van der Waals surface area contributed by atoms with Crippen LogP contribution in [0.4, 0.5) is 5.69 Å². The molecule has 5 heteroatoms. The first-order chi connectivity index (χ1) is 7.08. The second kappa shape index (κ2) is 3.27. The maximum Gasteiger partial charge on any atom is 0.241 e.